The minimum absolute atomic E-state index is 0.261. The van der Waals surface area contributed by atoms with Crippen molar-refractivity contribution in [3.05, 3.63) is 24.1 Å². The number of anilines is 1. The molecule has 100 valence electrons. The number of rotatable bonds is 2. The molecule has 1 saturated heterocycles. The molecule has 6 heteroatoms. The van der Waals surface area contributed by atoms with Crippen molar-refractivity contribution >= 4 is 15.7 Å². The summed E-state index contributed by atoms with van der Waals surface area (Å²) in [4.78, 5) is 6.05. The zero-order valence-corrected chi connectivity index (χ0v) is 11.2. The second-order valence-corrected chi connectivity index (χ2v) is 7.03. The first-order valence-corrected chi connectivity index (χ1v) is 7.97. The molecule has 0 spiro atoms. The lowest BCUT2D eigenvalue weighted by Crippen LogP contribution is -2.26. The minimum atomic E-state index is -2.97. The van der Waals surface area contributed by atoms with Gasteiger partial charge in [0.2, 0.25) is 0 Å². The minimum Gasteiger partial charge on any atom is -0.357 e. The van der Waals surface area contributed by atoms with Gasteiger partial charge in [0.15, 0.2) is 0 Å². The third kappa shape index (κ3) is 3.19. The van der Waals surface area contributed by atoms with Gasteiger partial charge in [-0.1, -0.05) is 0 Å². The third-order valence-corrected chi connectivity index (χ3v) is 5.00. The molecule has 2 heterocycles. The van der Waals surface area contributed by atoms with E-state index in [1.54, 1.807) is 6.07 Å². The number of hydrogen-bond donors (Lipinski definition) is 0. The highest BCUT2D eigenvalue weighted by atomic mass is 32.2. The van der Waals surface area contributed by atoms with Gasteiger partial charge in [-0.25, -0.2) is 17.8 Å². The molecule has 1 fully saturated rings. The lowest BCUT2D eigenvalue weighted by atomic mass is 10.2. The molecule has 1 aliphatic rings. The Hall–Kier alpha value is -1.17. The number of pyridine rings is 1. The monoisotopic (exact) mass is 272 g/mol. The van der Waals surface area contributed by atoms with E-state index < -0.39 is 9.84 Å². The van der Waals surface area contributed by atoms with E-state index >= 15 is 0 Å². The molecular formula is C12H17FN2O2S. The fourth-order valence-corrected chi connectivity index (χ4v) is 3.41. The highest BCUT2D eigenvalue weighted by molar-refractivity contribution is 7.91. The highest BCUT2D eigenvalue weighted by Crippen LogP contribution is 2.21. The molecule has 0 radical (unpaired) electrons. The summed E-state index contributed by atoms with van der Waals surface area (Å²) in [6.07, 6.45) is 4.60. The van der Waals surface area contributed by atoms with Crippen LogP contribution >= 0.6 is 0 Å². The van der Waals surface area contributed by atoms with Crippen molar-refractivity contribution in [2.24, 2.45) is 0 Å². The maximum absolute atomic E-state index is 12.8. The molecule has 1 aliphatic heterocycles. The van der Waals surface area contributed by atoms with Crippen LogP contribution in [0, 0.1) is 5.82 Å². The van der Waals surface area contributed by atoms with Crippen LogP contribution in [0.1, 0.15) is 19.3 Å². The quantitative estimate of drug-likeness (QED) is 0.821. The number of sulfone groups is 1. The summed E-state index contributed by atoms with van der Waals surface area (Å²) >= 11 is 0. The molecule has 1 unspecified atom stereocenters. The summed E-state index contributed by atoms with van der Waals surface area (Å²) in [7, 11) is -2.97. The normalized spacial score (nSPS) is 21.7. The fraction of sp³-hybridized carbons (Fsp3) is 0.583. The lowest BCUT2D eigenvalue weighted by Gasteiger charge is -2.21. The Morgan fingerprint density at radius 1 is 1.33 bits per heavy atom. The fourth-order valence-electron chi connectivity index (χ4n) is 2.28. The van der Waals surface area contributed by atoms with Crippen LogP contribution in [0.5, 0.6) is 0 Å². The Kier molecular flexibility index (Phi) is 3.85. The summed E-state index contributed by atoms with van der Waals surface area (Å²) < 4.78 is 35.9. The Bertz CT molecular complexity index is 501. The van der Waals surface area contributed by atoms with E-state index in [1.807, 2.05) is 4.90 Å². The average molecular weight is 272 g/mol. The summed E-state index contributed by atoms with van der Waals surface area (Å²) in [5, 5.41) is -0.261. The number of nitrogens with zero attached hydrogens (tertiary/aromatic N) is 2. The van der Waals surface area contributed by atoms with E-state index in [9.17, 15) is 12.8 Å². The molecule has 4 nitrogen and oxygen atoms in total. The zero-order chi connectivity index (χ0) is 13.2. The molecule has 0 bridgehead atoms. The lowest BCUT2D eigenvalue weighted by molar-refractivity contribution is 0.573. The van der Waals surface area contributed by atoms with Crippen LogP contribution in [0.15, 0.2) is 18.3 Å². The van der Waals surface area contributed by atoms with Gasteiger partial charge in [0.1, 0.15) is 21.5 Å². The van der Waals surface area contributed by atoms with E-state index in [1.165, 1.54) is 18.5 Å². The van der Waals surface area contributed by atoms with Crippen LogP contribution in [0.3, 0.4) is 0 Å². The zero-order valence-electron chi connectivity index (χ0n) is 10.3. The Labute approximate surface area is 107 Å². The summed E-state index contributed by atoms with van der Waals surface area (Å²) in [5.74, 6) is 0.355. The largest absolute Gasteiger partial charge is 0.357 e. The van der Waals surface area contributed by atoms with Crippen LogP contribution in [-0.4, -0.2) is 38.0 Å². The predicted octanol–water partition coefficient (Wildman–Crippen LogP) is 1.62. The standard InChI is InChI=1S/C12H17FN2O2S/c1-18(16,17)11-3-2-7-15(8-6-11)12-5-4-10(13)9-14-12/h4-5,9,11H,2-3,6-8H2,1H3. The summed E-state index contributed by atoms with van der Waals surface area (Å²) in [5.41, 5.74) is 0. The van der Waals surface area contributed by atoms with Crippen LogP contribution < -0.4 is 4.90 Å². The van der Waals surface area contributed by atoms with Gasteiger partial charge >= 0.3 is 0 Å². The van der Waals surface area contributed by atoms with Gasteiger partial charge in [0.05, 0.1) is 11.4 Å². The topological polar surface area (TPSA) is 50.3 Å². The molecule has 0 N–H and O–H groups in total. The summed E-state index contributed by atoms with van der Waals surface area (Å²) in [6, 6.07) is 3.01. The number of aromatic nitrogens is 1. The van der Waals surface area contributed by atoms with Crippen LogP contribution in [-0.2, 0) is 9.84 Å². The molecule has 1 aromatic heterocycles. The van der Waals surface area contributed by atoms with Gasteiger partial charge in [-0.15, -0.1) is 0 Å². The Morgan fingerprint density at radius 3 is 2.72 bits per heavy atom. The Balaban J connectivity index is 2.07. The van der Waals surface area contributed by atoms with Crippen LogP contribution in [0.4, 0.5) is 10.2 Å². The first-order chi connectivity index (χ1) is 8.47. The van der Waals surface area contributed by atoms with Crippen LogP contribution in [0.25, 0.3) is 0 Å². The molecule has 0 saturated carbocycles. The SMILES string of the molecule is CS(=O)(=O)C1CCCN(c2ccc(F)cn2)CC1. The maximum Gasteiger partial charge on any atom is 0.150 e. The van der Waals surface area contributed by atoms with Gasteiger partial charge in [0.25, 0.3) is 0 Å². The molecule has 0 amide bonds. The smallest absolute Gasteiger partial charge is 0.150 e. The third-order valence-electron chi connectivity index (χ3n) is 3.32. The van der Waals surface area contributed by atoms with Crippen LogP contribution in [0.2, 0.25) is 0 Å². The van der Waals surface area contributed by atoms with Crippen molar-refractivity contribution in [3.63, 3.8) is 0 Å². The van der Waals surface area contributed by atoms with Crippen molar-refractivity contribution in [1.82, 2.24) is 4.98 Å². The number of hydrogen-bond acceptors (Lipinski definition) is 4. The van der Waals surface area contributed by atoms with Crippen molar-refractivity contribution in [3.8, 4) is 0 Å². The van der Waals surface area contributed by atoms with Gasteiger partial charge < -0.3 is 4.90 Å². The molecule has 1 aromatic rings. The first kappa shape index (κ1) is 13.3. The van der Waals surface area contributed by atoms with Crippen molar-refractivity contribution < 1.29 is 12.8 Å². The predicted molar refractivity (Wildman–Crippen MR) is 68.9 cm³/mol. The molecule has 0 aromatic carbocycles. The van der Waals surface area contributed by atoms with E-state index in [0.29, 0.717) is 25.2 Å². The Morgan fingerprint density at radius 2 is 2.11 bits per heavy atom. The summed E-state index contributed by atoms with van der Waals surface area (Å²) in [6.45, 7) is 1.42. The molecule has 18 heavy (non-hydrogen) atoms. The highest BCUT2D eigenvalue weighted by Gasteiger charge is 2.24. The van der Waals surface area contributed by atoms with Gasteiger partial charge in [-0.3, -0.25) is 0 Å². The molecule has 1 atom stereocenters. The van der Waals surface area contributed by atoms with E-state index in [4.69, 9.17) is 0 Å². The second kappa shape index (κ2) is 5.22. The molecule has 2 rings (SSSR count). The van der Waals surface area contributed by atoms with E-state index in [-0.39, 0.29) is 11.1 Å². The van der Waals surface area contributed by atoms with Crippen molar-refractivity contribution in [2.75, 3.05) is 24.2 Å². The molecular weight excluding hydrogens is 255 g/mol. The van der Waals surface area contributed by atoms with Gasteiger partial charge in [0, 0.05) is 19.3 Å². The van der Waals surface area contributed by atoms with E-state index in [0.717, 1.165) is 13.0 Å². The first-order valence-electron chi connectivity index (χ1n) is 6.02. The second-order valence-electron chi connectivity index (χ2n) is 4.70. The van der Waals surface area contributed by atoms with Gasteiger partial charge in [-0.05, 0) is 31.4 Å². The van der Waals surface area contributed by atoms with E-state index in [2.05, 4.69) is 4.98 Å². The number of halogens is 1. The molecule has 0 aliphatic carbocycles. The van der Waals surface area contributed by atoms with Gasteiger partial charge in [-0.2, -0.15) is 0 Å². The van der Waals surface area contributed by atoms with Crippen molar-refractivity contribution in [2.45, 2.75) is 24.5 Å². The maximum atomic E-state index is 12.8. The van der Waals surface area contributed by atoms with Crippen molar-refractivity contribution in [1.29, 1.82) is 0 Å². The average Bonchev–Trinajstić information content (AvgIpc) is 2.55.